The van der Waals surface area contributed by atoms with Gasteiger partial charge in [-0.15, -0.1) is 0 Å². The van der Waals surface area contributed by atoms with Crippen molar-refractivity contribution in [2.45, 2.75) is 12.3 Å². The Morgan fingerprint density at radius 2 is 1.68 bits per heavy atom. The Kier molecular flexibility index (Phi) is 5.27. The molecule has 0 aromatic heterocycles. The van der Waals surface area contributed by atoms with Crippen LogP contribution in [0.2, 0.25) is 0 Å². The van der Waals surface area contributed by atoms with Crippen LogP contribution < -0.4 is 5.32 Å². The van der Waals surface area contributed by atoms with Crippen LogP contribution in [-0.2, 0) is 23.8 Å². The molecule has 1 aliphatic carbocycles. The standard InChI is InChI=1S/C19H25NO5/c1-20-13-6-4-11(5-7-13)14-8-12-9-25-10-15(12)17(19(22)24-3)16(14)18(21)23-2/h4-7,12,14-17,20H,8-10H2,1-3H3. The van der Waals surface area contributed by atoms with Crippen LogP contribution in [0.3, 0.4) is 0 Å². The average molecular weight is 347 g/mol. The lowest BCUT2D eigenvalue weighted by Crippen LogP contribution is -2.47. The Labute approximate surface area is 147 Å². The van der Waals surface area contributed by atoms with Crippen molar-refractivity contribution < 1.29 is 23.8 Å². The second kappa shape index (κ2) is 7.44. The van der Waals surface area contributed by atoms with E-state index in [0.717, 1.165) is 17.7 Å². The number of hydrogen-bond acceptors (Lipinski definition) is 6. The Hall–Kier alpha value is -2.08. The van der Waals surface area contributed by atoms with E-state index in [-0.39, 0.29) is 29.7 Å². The molecule has 1 N–H and O–H groups in total. The summed E-state index contributed by atoms with van der Waals surface area (Å²) in [5.41, 5.74) is 2.04. The smallest absolute Gasteiger partial charge is 0.310 e. The molecule has 1 aromatic carbocycles. The van der Waals surface area contributed by atoms with E-state index in [1.807, 2.05) is 31.3 Å². The summed E-state index contributed by atoms with van der Waals surface area (Å²) >= 11 is 0. The fourth-order valence-electron chi connectivity index (χ4n) is 4.39. The third kappa shape index (κ3) is 3.23. The fraction of sp³-hybridized carbons (Fsp3) is 0.579. The number of carbonyl (C=O) groups is 2. The van der Waals surface area contributed by atoms with Crippen molar-refractivity contribution in [2.24, 2.45) is 23.7 Å². The van der Waals surface area contributed by atoms with Crippen LogP contribution in [0.5, 0.6) is 0 Å². The molecule has 0 amide bonds. The molecule has 5 atom stereocenters. The molecule has 5 unspecified atom stereocenters. The van der Waals surface area contributed by atoms with Gasteiger partial charge in [0.25, 0.3) is 0 Å². The van der Waals surface area contributed by atoms with Gasteiger partial charge in [0.2, 0.25) is 0 Å². The van der Waals surface area contributed by atoms with E-state index in [1.165, 1.54) is 14.2 Å². The van der Waals surface area contributed by atoms with Crippen molar-refractivity contribution in [3.05, 3.63) is 29.8 Å². The molecular weight excluding hydrogens is 322 g/mol. The summed E-state index contributed by atoms with van der Waals surface area (Å²) in [4.78, 5) is 25.1. The molecule has 2 fully saturated rings. The number of esters is 2. The average Bonchev–Trinajstić information content (AvgIpc) is 3.13. The van der Waals surface area contributed by atoms with Crippen molar-refractivity contribution >= 4 is 17.6 Å². The number of hydrogen-bond donors (Lipinski definition) is 1. The van der Waals surface area contributed by atoms with Gasteiger partial charge >= 0.3 is 11.9 Å². The highest BCUT2D eigenvalue weighted by Gasteiger charge is 2.54. The van der Waals surface area contributed by atoms with Crippen molar-refractivity contribution in [3.8, 4) is 0 Å². The first-order valence-electron chi connectivity index (χ1n) is 8.61. The highest BCUT2D eigenvalue weighted by molar-refractivity contribution is 5.83. The Morgan fingerprint density at radius 1 is 1.04 bits per heavy atom. The van der Waals surface area contributed by atoms with Crippen LogP contribution >= 0.6 is 0 Å². The third-order valence-corrected chi connectivity index (χ3v) is 5.66. The molecule has 6 heteroatoms. The number of fused-ring (bicyclic) bond motifs is 1. The van der Waals surface area contributed by atoms with E-state index in [2.05, 4.69) is 5.32 Å². The predicted octanol–water partition coefficient (Wildman–Crippen LogP) is 2.06. The lowest BCUT2D eigenvalue weighted by molar-refractivity contribution is -0.164. The third-order valence-electron chi connectivity index (χ3n) is 5.66. The molecule has 0 radical (unpaired) electrons. The van der Waals surface area contributed by atoms with Crippen molar-refractivity contribution in [3.63, 3.8) is 0 Å². The van der Waals surface area contributed by atoms with E-state index in [4.69, 9.17) is 14.2 Å². The maximum Gasteiger partial charge on any atom is 0.310 e. The molecule has 1 saturated heterocycles. The first-order chi connectivity index (χ1) is 12.1. The normalized spacial score (nSPS) is 31.1. The first-order valence-corrected chi connectivity index (χ1v) is 8.61. The zero-order valence-corrected chi connectivity index (χ0v) is 14.9. The van der Waals surface area contributed by atoms with Gasteiger partial charge in [0.1, 0.15) is 0 Å². The quantitative estimate of drug-likeness (QED) is 0.841. The fourth-order valence-corrected chi connectivity index (χ4v) is 4.39. The first kappa shape index (κ1) is 17.7. The lowest BCUT2D eigenvalue weighted by Gasteiger charge is -2.41. The molecule has 25 heavy (non-hydrogen) atoms. The Morgan fingerprint density at radius 3 is 2.28 bits per heavy atom. The lowest BCUT2D eigenvalue weighted by atomic mass is 9.61. The number of benzene rings is 1. The van der Waals surface area contributed by atoms with Crippen LogP contribution in [0.15, 0.2) is 24.3 Å². The molecule has 1 saturated carbocycles. The van der Waals surface area contributed by atoms with E-state index in [1.54, 1.807) is 0 Å². The van der Waals surface area contributed by atoms with Crippen molar-refractivity contribution in [2.75, 3.05) is 39.8 Å². The van der Waals surface area contributed by atoms with Gasteiger partial charge in [0.05, 0.1) is 32.7 Å². The number of ether oxygens (including phenoxy) is 3. The van der Waals surface area contributed by atoms with Gasteiger partial charge in [-0.05, 0) is 36.0 Å². The summed E-state index contributed by atoms with van der Waals surface area (Å²) in [6, 6.07) is 7.98. The highest BCUT2D eigenvalue weighted by Crippen LogP contribution is 2.50. The van der Waals surface area contributed by atoms with Crippen LogP contribution in [0.1, 0.15) is 17.9 Å². The van der Waals surface area contributed by atoms with Gasteiger partial charge < -0.3 is 19.5 Å². The minimum absolute atomic E-state index is 0.00406. The minimum Gasteiger partial charge on any atom is -0.469 e. The summed E-state index contributed by atoms with van der Waals surface area (Å²) < 4.78 is 15.7. The van der Waals surface area contributed by atoms with E-state index < -0.39 is 11.8 Å². The van der Waals surface area contributed by atoms with Crippen molar-refractivity contribution in [1.29, 1.82) is 0 Å². The Balaban J connectivity index is 2.01. The number of nitrogens with one attached hydrogen (secondary N) is 1. The number of carbonyl (C=O) groups excluding carboxylic acids is 2. The second-order valence-electron chi connectivity index (χ2n) is 6.77. The largest absolute Gasteiger partial charge is 0.469 e. The van der Waals surface area contributed by atoms with Gasteiger partial charge in [0.15, 0.2) is 0 Å². The molecule has 0 spiro atoms. The van der Waals surface area contributed by atoms with Gasteiger partial charge in [-0.1, -0.05) is 12.1 Å². The van der Waals surface area contributed by atoms with Gasteiger partial charge in [-0.2, -0.15) is 0 Å². The van der Waals surface area contributed by atoms with E-state index >= 15 is 0 Å². The second-order valence-corrected chi connectivity index (χ2v) is 6.77. The molecule has 3 rings (SSSR count). The summed E-state index contributed by atoms with van der Waals surface area (Å²) in [5, 5.41) is 3.09. The summed E-state index contributed by atoms with van der Waals surface area (Å²) in [6.45, 7) is 1.11. The van der Waals surface area contributed by atoms with Gasteiger partial charge in [-0.25, -0.2) is 0 Å². The van der Waals surface area contributed by atoms with E-state index in [0.29, 0.717) is 13.2 Å². The van der Waals surface area contributed by atoms with Gasteiger partial charge in [-0.3, -0.25) is 9.59 Å². The van der Waals surface area contributed by atoms with Crippen LogP contribution in [-0.4, -0.2) is 46.4 Å². The van der Waals surface area contributed by atoms with Crippen LogP contribution in [0.4, 0.5) is 5.69 Å². The SMILES string of the molecule is CNc1ccc(C2CC3COCC3C(C(=O)OC)C2C(=O)OC)cc1. The summed E-state index contributed by atoms with van der Waals surface area (Å²) in [6.07, 6.45) is 0.802. The van der Waals surface area contributed by atoms with E-state index in [9.17, 15) is 9.59 Å². The number of methoxy groups -OCH3 is 2. The summed E-state index contributed by atoms with van der Waals surface area (Å²) in [7, 11) is 4.60. The molecule has 6 nitrogen and oxygen atoms in total. The molecule has 0 bridgehead atoms. The zero-order valence-electron chi connectivity index (χ0n) is 14.9. The van der Waals surface area contributed by atoms with Crippen molar-refractivity contribution in [1.82, 2.24) is 0 Å². The highest BCUT2D eigenvalue weighted by atomic mass is 16.5. The molecule has 1 heterocycles. The van der Waals surface area contributed by atoms with Crippen LogP contribution in [0, 0.1) is 23.7 Å². The Bertz CT molecular complexity index is 629. The number of rotatable bonds is 4. The minimum atomic E-state index is -0.555. The molecule has 1 aromatic rings. The topological polar surface area (TPSA) is 73.9 Å². The monoisotopic (exact) mass is 347 g/mol. The number of anilines is 1. The van der Waals surface area contributed by atoms with Crippen LogP contribution in [0.25, 0.3) is 0 Å². The maximum absolute atomic E-state index is 12.6. The van der Waals surface area contributed by atoms with Gasteiger partial charge in [0, 0.05) is 25.3 Å². The predicted molar refractivity (Wildman–Crippen MR) is 92.2 cm³/mol. The zero-order chi connectivity index (χ0) is 18.0. The molecule has 1 aliphatic heterocycles. The summed E-state index contributed by atoms with van der Waals surface area (Å²) in [5.74, 6) is -1.64. The maximum atomic E-state index is 12.6. The molecule has 136 valence electrons. The molecule has 2 aliphatic rings. The molecular formula is C19H25NO5.